The monoisotopic (exact) mass is 630 g/mol. The lowest BCUT2D eigenvalue weighted by Crippen LogP contribution is -2.17. The number of nitriles is 1. The second kappa shape index (κ2) is 12.4. The molecule has 0 bridgehead atoms. The van der Waals surface area contributed by atoms with Gasteiger partial charge in [0.25, 0.3) is 0 Å². The number of hydrogen-bond donors (Lipinski definition) is 0. The van der Waals surface area contributed by atoms with Crippen LogP contribution in [0.2, 0.25) is 0 Å². The minimum atomic E-state index is 0.133. The van der Waals surface area contributed by atoms with Crippen LogP contribution in [0.15, 0.2) is 167 Å². The molecule has 2 heterocycles. The van der Waals surface area contributed by atoms with E-state index in [9.17, 15) is 5.26 Å². The maximum absolute atomic E-state index is 9.86. The fraction of sp³-hybridized carbons (Fsp3) is 0.0455. The second-order valence-corrected chi connectivity index (χ2v) is 11.9. The molecule has 49 heavy (non-hydrogen) atoms. The third kappa shape index (κ3) is 5.02. The SMILES string of the molecule is [C-]#[N+]C(=C(/C)N(c1ccccc1)c1ccccc1)/C(=C\CC#N)n1c2ccc(-c3ccccc3)cc2c2c3oc4ccccc4c3ccc21. The molecular formula is C44H30N4O. The summed E-state index contributed by atoms with van der Waals surface area (Å²) < 4.78 is 8.75. The summed E-state index contributed by atoms with van der Waals surface area (Å²) in [6, 6.07) is 51.6. The number of nitrogens with zero attached hydrogens (tertiary/aromatic N) is 4. The molecule has 6 aromatic carbocycles. The summed E-state index contributed by atoms with van der Waals surface area (Å²) in [6.07, 6.45) is 2.01. The first-order valence-corrected chi connectivity index (χ1v) is 16.2. The molecule has 0 radical (unpaired) electrons. The Kier molecular flexibility index (Phi) is 7.49. The van der Waals surface area contributed by atoms with Crippen LogP contribution in [0.5, 0.6) is 0 Å². The van der Waals surface area contributed by atoms with E-state index in [4.69, 9.17) is 11.0 Å². The lowest BCUT2D eigenvalue weighted by Gasteiger charge is -2.28. The van der Waals surface area contributed by atoms with Gasteiger partial charge < -0.3 is 13.9 Å². The van der Waals surface area contributed by atoms with Crippen molar-refractivity contribution in [2.45, 2.75) is 13.3 Å². The number of anilines is 2. The molecule has 0 atom stereocenters. The molecule has 0 N–H and O–H groups in total. The fourth-order valence-corrected chi connectivity index (χ4v) is 6.91. The van der Waals surface area contributed by atoms with Crippen molar-refractivity contribution in [2.24, 2.45) is 0 Å². The first-order chi connectivity index (χ1) is 24.2. The molecule has 232 valence electrons. The number of para-hydroxylation sites is 3. The first kappa shape index (κ1) is 29.6. The number of rotatable bonds is 7. The molecule has 8 aromatic rings. The predicted octanol–water partition coefficient (Wildman–Crippen LogP) is 12.1. The smallest absolute Gasteiger partial charge is 0.229 e. The Bertz CT molecular complexity index is 2610. The zero-order valence-corrected chi connectivity index (χ0v) is 26.8. The van der Waals surface area contributed by atoms with Gasteiger partial charge in [0.1, 0.15) is 11.2 Å². The Labute approximate surface area is 284 Å². The Morgan fingerprint density at radius 2 is 1.37 bits per heavy atom. The van der Waals surface area contributed by atoms with E-state index in [0.717, 1.165) is 71.9 Å². The minimum absolute atomic E-state index is 0.133. The van der Waals surface area contributed by atoms with Gasteiger partial charge in [0.15, 0.2) is 0 Å². The molecule has 0 aliphatic carbocycles. The van der Waals surface area contributed by atoms with Crippen molar-refractivity contribution in [3.8, 4) is 17.2 Å². The highest BCUT2D eigenvalue weighted by Crippen LogP contribution is 2.43. The maximum Gasteiger partial charge on any atom is 0.229 e. The van der Waals surface area contributed by atoms with Gasteiger partial charge in [-0.15, -0.1) is 0 Å². The predicted molar refractivity (Wildman–Crippen MR) is 201 cm³/mol. The number of hydrogen-bond acceptors (Lipinski definition) is 3. The molecule has 0 aliphatic rings. The Morgan fingerprint density at radius 1 is 0.735 bits per heavy atom. The summed E-state index contributed by atoms with van der Waals surface area (Å²) >= 11 is 0. The molecule has 0 aliphatic heterocycles. The third-order valence-electron chi connectivity index (χ3n) is 9.07. The van der Waals surface area contributed by atoms with Crippen LogP contribution in [-0.4, -0.2) is 4.57 Å². The van der Waals surface area contributed by atoms with Crippen LogP contribution in [0.25, 0.3) is 65.4 Å². The highest BCUT2D eigenvalue weighted by Gasteiger charge is 2.25. The molecule has 0 saturated heterocycles. The van der Waals surface area contributed by atoms with E-state index in [-0.39, 0.29) is 6.42 Å². The molecule has 0 spiro atoms. The van der Waals surface area contributed by atoms with E-state index in [1.807, 2.05) is 110 Å². The molecule has 2 aromatic heterocycles. The van der Waals surface area contributed by atoms with E-state index in [1.165, 1.54) is 0 Å². The van der Waals surface area contributed by atoms with Gasteiger partial charge in [-0.3, -0.25) is 0 Å². The summed E-state index contributed by atoms with van der Waals surface area (Å²) in [4.78, 5) is 6.31. The first-order valence-electron chi connectivity index (χ1n) is 16.2. The zero-order chi connectivity index (χ0) is 33.3. The second-order valence-electron chi connectivity index (χ2n) is 11.9. The van der Waals surface area contributed by atoms with Gasteiger partial charge in [0.2, 0.25) is 5.70 Å². The summed E-state index contributed by atoms with van der Waals surface area (Å²) in [5.41, 5.74) is 9.35. The number of aromatic nitrogens is 1. The van der Waals surface area contributed by atoms with Crippen LogP contribution in [0.4, 0.5) is 11.4 Å². The highest BCUT2D eigenvalue weighted by atomic mass is 16.3. The molecule has 5 nitrogen and oxygen atoms in total. The molecule has 0 fully saturated rings. The van der Waals surface area contributed by atoms with E-state index in [1.54, 1.807) is 0 Å². The minimum Gasteiger partial charge on any atom is -0.455 e. The maximum atomic E-state index is 9.86. The van der Waals surface area contributed by atoms with Crippen molar-refractivity contribution >= 4 is 60.8 Å². The normalized spacial score (nSPS) is 12.3. The summed E-state index contributed by atoms with van der Waals surface area (Å²) in [7, 11) is 0. The standard InChI is InChI=1S/C44H30N4O/c1-30(47(33-17-8-4-9-18-33)34-19-10-5-11-20-34)43(46-2)40(22-14-28-45)48-38-26-24-32(31-15-6-3-7-16-31)29-37(38)42-39(48)27-25-36-35-21-12-13-23-41(35)49-44(36)42/h3-13,15-27,29H,14H2,1H3/b40-22+,43-30-. The Hall–Kier alpha value is -6.82. The van der Waals surface area contributed by atoms with Crippen molar-refractivity contribution in [3.63, 3.8) is 0 Å². The molecule has 5 heteroatoms. The Balaban J connectivity index is 1.46. The highest BCUT2D eigenvalue weighted by molar-refractivity contribution is 6.24. The molecule has 8 rings (SSSR count). The summed E-state index contributed by atoms with van der Waals surface area (Å²) in [5, 5.41) is 13.9. The largest absolute Gasteiger partial charge is 0.455 e. The number of fused-ring (bicyclic) bond motifs is 7. The Morgan fingerprint density at radius 3 is 2.04 bits per heavy atom. The molecule has 0 saturated carbocycles. The van der Waals surface area contributed by atoms with E-state index in [0.29, 0.717) is 11.4 Å². The van der Waals surface area contributed by atoms with Crippen molar-refractivity contribution in [1.82, 2.24) is 4.57 Å². The molecular weight excluding hydrogens is 601 g/mol. The fourth-order valence-electron chi connectivity index (χ4n) is 6.91. The van der Waals surface area contributed by atoms with Crippen LogP contribution in [0, 0.1) is 17.9 Å². The summed E-state index contributed by atoms with van der Waals surface area (Å²) in [5.74, 6) is 0. The van der Waals surface area contributed by atoms with Gasteiger partial charge in [-0.05, 0) is 72.6 Å². The van der Waals surface area contributed by atoms with E-state index >= 15 is 0 Å². The topological polar surface area (TPSA) is 49.5 Å². The van der Waals surface area contributed by atoms with Crippen LogP contribution in [0.3, 0.4) is 0 Å². The van der Waals surface area contributed by atoms with Crippen molar-refractivity contribution < 1.29 is 4.42 Å². The van der Waals surface area contributed by atoms with Crippen LogP contribution in [0.1, 0.15) is 13.3 Å². The third-order valence-corrected chi connectivity index (χ3v) is 9.07. The van der Waals surface area contributed by atoms with E-state index < -0.39 is 0 Å². The van der Waals surface area contributed by atoms with Crippen molar-refractivity contribution in [2.75, 3.05) is 4.90 Å². The van der Waals surface area contributed by atoms with E-state index in [2.05, 4.69) is 68.9 Å². The van der Waals surface area contributed by atoms with Gasteiger partial charge in [0.05, 0.1) is 41.2 Å². The van der Waals surface area contributed by atoms with Gasteiger partial charge in [-0.25, -0.2) is 4.85 Å². The van der Waals surface area contributed by atoms with Crippen LogP contribution >= 0.6 is 0 Å². The van der Waals surface area contributed by atoms with Crippen molar-refractivity contribution in [3.05, 3.63) is 174 Å². The molecule has 0 unspecified atom stereocenters. The van der Waals surface area contributed by atoms with Gasteiger partial charge in [-0.2, -0.15) is 5.26 Å². The number of benzene rings is 6. The van der Waals surface area contributed by atoms with Gasteiger partial charge in [0, 0.05) is 33.2 Å². The van der Waals surface area contributed by atoms with Crippen LogP contribution in [-0.2, 0) is 0 Å². The van der Waals surface area contributed by atoms with Gasteiger partial charge >= 0.3 is 0 Å². The van der Waals surface area contributed by atoms with Crippen molar-refractivity contribution in [1.29, 1.82) is 5.26 Å². The lowest BCUT2D eigenvalue weighted by molar-refractivity contribution is 0.673. The average Bonchev–Trinajstić information content (AvgIpc) is 3.70. The van der Waals surface area contributed by atoms with Crippen LogP contribution < -0.4 is 4.90 Å². The van der Waals surface area contributed by atoms with Gasteiger partial charge in [-0.1, -0.05) is 97.1 Å². The zero-order valence-electron chi connectivity index (χ0n) is 26.8. The quantitative estimate of drug-likeness (QED) is 0.130. The molecule has 0 amide bonds. The summed E-state index contributed by atoms with van der Waals surface area (Å²) in [6.45, 7) is 10.6. The number of furan rings is 1. The lowest BCUT2D eigenvalue weighted by atomic mass is 10.0. The average molecular weight is 631 g/mol. The number of allylic oxidation sites excluding steroid dienone is 3.